The Balaban J connectivity index is 2.53. The molecule has 0 aromatic rings. The van der Waals surface area contributed by atoms with E-state index in [1.165, 1.54) is 0 Å². The fraction of sp³-hybridized carbons (Fsp3) is 0.889. The third kappa shape index (κ3) is 1.94. The van der Waals surface area contributed by atoms with Gasteiger partial charge < -0.3 is 5.11 Å². The Morgan fingerprint density at radius 1 is 1.67 bits per heavy atom. The molecule has 0 saturated carbocycles. The number of rotatable bonds is 4. The number of aliphatic carboxylic acids is 1. The average molecular weight is 188 g/mol. The van der Waals surface area contributed by atoms with Crippen molar-refractivity contribution in [1.82, 2.24) is 0 Å². The first kappa shape index (κ1) is 9.90. The van der Waals surface area contributed by atoms with Gasteiger partial charge in [-0.25, -0.2) is 0 Å². The standard InChI is InChI=1S/C9H16O2S/c1-2-3-5-9(8(10)11)6-4-7-12-9/h2-7H2,1H3,(H,10,11). The smallest absolute Gasteiger partial charge is 0.319 e. The number of hydrogen-bond donors (Lipinski definition) is 1. The first-order valence-corrected chi connectivity index (χ1v) is 5.57. The summed E-state index contributed by atoms with van der Waals surface area (Å²) < 4.78 is -0.421. The van der Waals surface area contributed by atoms with Gasteiger partial charge in [0, 0.05) is 0 Å². The van der Waals surface area contributed by atoms with Crippen LogP contribution in [0.15, 0.2) is 0 Å². The minimum absolute atomic E-state index is 0.421. The predicted octanol–water partition coefficient (Wildman–Crippen LogP) is 2.53. The van der Waals surface area contributed by atoms with Crippen LogP contribution >= 0.6 is 11.8 Å². The van der Waals surface area contributed by atoms with E-state index in [-0.39, 0.29) is 0 Å². The van der Waals surface area contributed by atoms with Crippen LogP contribution in [0.25, 0.3) is 0 Å². The van der Waals surface area contributed by atoms with Gasteiger partial charge >= 0.3 is 5.97 Å². The van der Waals surface area contributed by atoms with Gasteiger partial charge in [-0.15, -0.1) is 11.8 Å². The molecular weight excluding hydrogens is 172 g/mol. The van der Waals surface area contributed by atoms with Crippen LogP contribution in [0.4, 0.5) is 0 Å². The monoisotopic (exact) mass is 188 g/mol. The van der Waals surface area contributed by atoms with Crippen LogP contribution in [0.1, 0.15) is 39.0 Å². The molecule has 1 saturated heterocycles. The highest BCUT2D eigenvalue weighted by atomic mass is 32.2. The zero-order chi connectivity index (χ0) is 9.03. The van der Waals surface area contributed by atoms with E-state index < -0.39 is 10.7 Å². The molecule has 1 unspecified atom stereocenters. The molecule has 1 heterocycles. The van der Waals surface area contributed by atoms with E-state index >= 15 is 0 Å². The fourth-order valence-corrected chi connectivity index (χ4v) is 3.01. The Kier molecular flexibility index (Phi) is 3.44. The van der Waals surface area contributed by atoms with Gasteiger partial charge in [-0.05, 0) is 25.0 Å². The van der Waals surface area contributed by atoms with Crippen LogP contribution in [0, 0.1) is 0 Å². The maximum atomic E-state index is 11.0. The third-order valence-electron chi connectivity index (χ3n) is 2.43. The molecule has 2 nitrogen and oxygen atoms in total. The Hall–Kier alpha value is -0.180. The molecule has 1 rings (SSSR count). The lowest BCUT2D eigenvalue weighted by Crippen LogP contribution is -2.32. The summed E-state index contributed by atoms with van der Waals surface area (Å²) in [6.45, 7) is 2.11. The number of unbranched alkanes of at least 4 members (excludes halogenated alkanes) is 1. The van der Waals surface area contributed by atoms with E-state index in [1.54, 1.807) is 11.8 Å². The molecule has 1 fully saturated rings. The zero-order valence-corrected chi connectivity index (χ0v) is 8.32. The van der Waals surface area contributed by atoms with Crippen molar-refractivity contribution in [2.75, 3.05) is 5.75 Å². The maximum Gasteiger partial charge on any atom is 0.319 e. The first-order chi connectivity index (χ1) is 5.71. The summed E-state index contributed by atoms with van der Waals surface area (Å²) in [4.78, 5) is 11.0. The van der Waals surface area contributed by atoms with Crippen LogP contribution in [-0.4, -0.2) is 21.6 Å². The average Bonchev–Trinajstić information content (AvgIpc) is 2.50. The van der Waals surface area contributed by atoms with Crippen LogP contribution in [-0.2, 0) is 4.79 Å². The summed E-state index contributed by atoms with van der Waals surface area (Å²) in [6, 6.07) is 0. The lowest BCUT2D eigenvalue weighted by molar-refractivity contribution is -0.140. The van der Waals surface area contributed by atoms with E-state index in [4.69, 9.17) is 5.11 Å². The third-order valence-corrected chi connectivity index (χ3v) is 4.06. The second kappa shape index (κ2) is 4.17. The molecule has 1 aliphatic rings. The predicted molar refractivity (Wildman–Crippen MR) is 51.6 cm³/mol. The van der Waals surface area contributed by atoms with Gasteiger partial charge in [-0.1, -0.05) is 19.8 Å². The number of carbonyl (C=O) groups is 1. The van der Waals surface area contributed by atoms with E-state index in [2.05, 4.69) is 6.92 Å². The highest BCUT2D eigenvalue weighted by Crippen LogP contribution is 2.42. The van der Waals surface area contributed by atoms with Gasteiger partial charge in [0.1, 0.15) is 4.75 Å². The molecule has 0 aliphatic carbocycles. The molecule has 1 N–H and O–H groups in total. The van der Waals surface area contributed by atoms with Gasteiger partial charge in [-0.2, -0.15) is 0 Å². The van der Waals surface area contributed by atoms with Crippen LogP contribution in [0.5, 0.6) is 0 Å². The fourth-order valence-electron chi connectivity index (χ4n) is 1.63. The summed E-state index contributed by atoms with van der Waals surface area (Å²) in [5.74, 6) is 0.425. The number of carboxylic acid groups (broad SMARTS) is 1. The van der Waals surface area contributed by atoms with Crippen LogP contribution < -0.4 is 0 Å². The van der Waals surface area contributed by atoms with Crippen molar-refractivity contribution in [3.05, 3.63) is 0 Å². The molecule has 0 aromatic carbocycles. The maximum absolute atomic E-state index is 11.0. The SMILES string of the molecule is CCCCC1(C(=O)O)CCCS1. The first-order valence-electron chi connectivity index (χ1n) is 4.58. The summed E-state index contributed by atoms with van der Waals surface area (Å²) in [5, 5.41) is 9.07. The molecule has 0 bridgehead atoms. The lowest BCUT2D eigenvalue weighted by Gasteiger charge is -2.22. The molecule has 12 heavy (non-hydrogen) atoms. The summed E-state index contributed by atoms with van der Waals surface area (Å²) in [6.07, 6.45) is 4.92. The van der Waals surface area contributed by atoms with E-state index in [0.29, 0.717) is 0 Å². The van der Waals surface area contributed by atoms with E-state index in [9.17, 15) is 4.79 Å². The lowest BCUT2D eigenvalue weighted by atomic mass is 9.97. The summed E-state index contributed by atoms with van der Waals surface area (Å²) >= 11 is 1.64. The van der Waals surface area contributed by atoms with Crippen molar-refractivity contribution in [3.8, 4) is 0 Å². The normalized spacial score (nSPS) is 29.1. The van der Waals surface area contributed by atoms with E-state index in [1.807, 2.05) is 0 Å². The minimum Gasteiger partial charge on any atom is -0.480 e. The number of hydrogen-bond acceptors (Lipinski definition) is 2. The molecule has 0 aromatic heterocycles. The highest BCUT2D eigenvalue weighted by Gasteiger charge is 2.41. The minimum atomic E-state index is -0.599. The molecule has 1 aliphatic heterocycles. The van der Waals surface area contributed by atoms with Gasteiger partial charge in [0.05, 0.1) is 0 Å². The van der Waals surface area contributed by atoms with Crippen molar-refractivity contribution in [1.29, 1.82) is 0 Å². The zero-order valence-electron chi connectivity index (χ0n) is 7.51. The Morgan fingerprint density at radius 3 is 2.83 bits per heavy atom. The highest BCUT2D eigenvalue weighted by molar-refractivity contribution is 8.01. The molecule has 3 heteroatoms. The van der Waals surface area contributed by atoms with Crippen molar-refractivity contribution < 1.29 is 9.90 Å². The Labute approximate surface area is 77.7 Å². The second-order valence-corrected chi connectivity index (χ2v) is 4.83. The molecule has 70 valence electrons. The van der Waals surface area contributed by atoms with E-state index in [0.717, 1.165) is 37.9 Å². The van der Waals surface area contributed by atoms with Crippen LogP contribution in [0.2, 0.25) is 0 Å². The molecule has 0 amide bonds. The van der Waals surface area contributed by atoms with Crippen molar-refractivity contribution in [2.45, 2.75) is 43.8 Å². The van der Waals surface area contributed by atoms with Crippen molar-refractivity contribution in [2.24, 2.45) is 0 Å². The second-order valence-electron chi connectivity index (χ2n) is 3.36. The number of thioether (sulfide) groups is 1. The molecular formula is C9H16O2S. The van der Waals surface area contributed by atoms with Gasteiger partial charge in [0.25, 0.3) is 0 Å². The molecule has 1 atom stereocenters. The topological polar surface area (TPSA) is 37.3 Å². The molecule has 0 spiro atoms. The summed E-state index contributed by atoms with van der Waals surface area (Å²) in [5.41, 5.74) is 0. The number of carboxylic acids is 1. The van der Waals surface area contributed by atoms with Gasteiger partial charge in [-0.3, -0.25) is 4.79 Å². The van der Waals surface area contributed by atoms with Crippen LogP contribution in [0.3, 0.4) is 0 Å². The van der Waals surface area contributed by atoms with Gasteiger partial charge in [0.2, 0.25) is 0 Å². The quantitative estimate of drug-likeness (QED) is 0.736. The molecule has 0 radical (unpaired) electrons. The Bertz CT molecular complexity index is 162. The van der Waals surface area contributed by atoms with Crippen molar-refractivity contribution >= 4 is 17.7 Å². The van der Waals surface area contributed by atoms with Gasteiger partial charge in [0.15, 0.2) is 0 Å². The van der Waals surface area contributed by atoms with Crippen molar-refractivity contribution in [3.63, 3.8) is 0 Å². The Morgan fingerprint density at radius 2 is 2.42 bits per heavy atom. The summed E-state index contributed by atoms with van der Waals surface area (Å²) in [7, 11) is 0. The largest absolute Gasteiger partial charge is 0.480 e.